The highest BCUT2D eigenvalue weighted by Crippen LogP contribution is 2.51. The Kier molecular flexibility index (Phi) is 3.66. The lowest BCUT2D eigenvalue weighted by molar-refractivity contribution is -0.113. The molecule has 0 aliphatic heterocycles. The second-order valence-corrected chi connectivity index (χ2v) is 6.71. The predicted molar refractivity (Wildman–Crippen MR) is 69.3 cm³/mol. The minimum absolute atomic E-state index is 0.206. The van der Waals surface area contributed by atoms with Gasteiger partial charge in [0.15, 0.2) is 5.78 Å². The van der Waals surface area contributed by atoms with Gasteiger partial charge in [-0.25, -0.2) is 0 Å². The van der Waals surface area contributed by atoms with Crippen LogP contribution in [-0.2, 0) is 4.79 Å². The number of hydrogen-bond acceptors (Lipinski definition) is 1. The first kappa shape index (κ1) is 13.5. The SMILES string of the molecule is CC(=O)C(C)=CC1C(C)(C)CCCC1(C)C. The normalized spacial score (nSPS) is 25.5. The molecule has 0 bridgehead atoms. The van der Waals surface area contributed by atoms with Gasteiger partial charge in [-0.2, -0.15) is 0 Å². The molecule has 0 heterocycles. The predicted octanol–water partition coefficient (Wildman–Crippen LogP) is 4.37. The highest BCUT2D eigenvalue weighted by atomic mass is 16.1. The Labute approximate surface area is 100 Å². The van der Waals surface area contributed by atoms with E-state index in [-0.39, 0.29) is 5.78 Å². The molecule has 1 nitrogen and oxygen atoms in total. The van der Waals surface area contributed by atoms with Gasteiger partial charge < -0.3 is 0 Å². The largest absolute Gasteiger partial charge is 0.295 e. The lowest BCUT2D eigenvalue weighted by Crippen LogP contribution is -2.39. The smallest absolute Gasteiger partial charge is 0.155 e. The van der Waals surface area contributed by atoms with Crippen LogP contribution < -0.4 is 0 Å². The van der Waals surface area contributed by atoms with Gasteiger partial charge in [0.05, 0.1) is 0 Å². The monoisotopic (exact) mass is 222 g/mol. The molecule has 92 valence electrons. The molecule has 0 aromatic heterocycles. The van der Waals surface area contributed by atoms with Crippen molar-refractivity contribution >= 4 is 5.78 Å². The van der Waals surface area contributed by atoms with Gasteiger partial charge in [-0.3, -0.25) is 4.79 Å². The Morgan fingerprint density at radius 1 is 1.06 bits per heavy atom. The number of carbonyl (C=O) groups excluding carboxylic acids is 1. The van der Waals surface area contributed by atoms with Gasteiger partial charge in [0, 0.05) is 0 Å². The maximum Gasteiger partial charge on any atom is 0.155 e. The summed E-state index contributed by atoms with van der Waals surface area (Å²) in [5.41, 5.74) is 1.56. The number of carbonyl (C=O) groups is 1. The Hall–Kier alpha value is -0.590. The van der Waals surface area contributed by atoms with Crippen LogP contribution in [0.1, 0.15) is 60.8 Å². The number of allylic oxidation sites excluding steroid dienone is 2. The first-order chi connectivity index (χ1) is 7.17. The third kappa shape index (κ3) is 2.75. The Morgan fingerprint density at radius 3 is 1.88 bits per heavy atom. The summed E-state index contributed by atoms with van der Waals surface area (Å²) in [7, 11) is 0. The van der Waals surface area contributed by atoms with E-state index in [1.54, 1.807) is 6.92 Å². The van der Waals surface area contributed by atoms with Gasteiger partial charge in [-0.05, 0) is 49.0 Å². The van der Waals surface area contributed by atoms with Crippen LogP contribution >= 0.6 is 0 Å². The topological polar surface area (TPSA) is 17.1 Å². The maximum atomic E-state index is 11.4. The second kappa shape index (κ2) is 4.35. The first-order valence-corrected chi connectivity index (χ1v) is 6.36. The van der Waals surface area contributed by atoms with Crippen LogP contribution in [0.15, 0.2) is 11.6 Å². The van der Waals surface area contributed by atoms with E-state index >= 15 is 0 Å². The average Bonchev–Trinajstić information content (AvgIpc) is 2.10. The van der Waals surface area contributed by atoms with E-state index in [1.165, 1.54) is 19.3 Å². The minimum Gasteiger partial charge on any atom is -0.295 e. The van der Waals surface area contributed by atoms with Crippen molar-refractivity contribution in [2.75, 3.05) is 0 Å². The summed E-state index contributed by atoms with van der Waals surface area (Å²) in [5, 5.41) is 0. The zero-order chi connectivity index (χ0) is 12.6. The fraction of sp³-hybridized carbons (Fsp3) is 0.800. The van der Waals surface area contributed by atoms with Gasteiger partial charge in [0.2, 0.25) is 0 Å². The summed E-state index contributed by atoms with van der Waals surface area (Å²) in [6, 6.07) is 0. The molecule has 16 heavy (non-hydrogen) atoms. The van der Waals surface area contributed by atoms with Crippen LogP contribution in [-0.4, -0.2) is 5.78 Å². The zero-order valence-electron chi connectivity index (χ0n) is 11.7. The third-order valence-corrected chi connectivity index (χ3v) is 4.30. The van der Waals surface area contributed by atoms with Crippen LogP contribution in [0.2, 0.25) is 0 Å². The molecule has 0 N–H and O–H groups in total. The standard InChI is InChI=1S/C15H26O/c1-11(12(2)16)10-13-14(3,4)8-7-9-15(13,5)6/h10,13H,7-9H2,1-6H3. The molecular formula is C15H26O. The molecule has 0 spiro atoms. The average molecular weight is 222 g/mol. The molecule has 1 aliphatic rings. The highest BCUT2D eigenvalue weighted by molar-refractivity contribution is 5.92. The number of ketones is 1. The van der Waals surface area contributed by atoms with Gasteiger partial charge in [0.1, 0.15) is 0 Å². The van der Waals surface area contributed by atoms with Gasteiger partial charge in [-0.1, -0.05) is 40.2 Å². The van der Waals surface area contributed by atoms with Gasteiger partial charge in [0.25, 0.3) is 0 Å². The van der Waals surface area contributed by atoms with E-state index in [2.05, 4.69) is 33.8 Å². The van der Waals surface area contributed by atoms with Crippen molar-refractivity contribution in [2.24, 2.45) is 16.7 Å². The van der Waals surface area contributed by atoms with Crippen LogP contribution in [0.4, 0.5) is 0 Å². The van der Waals surface area contributed by atoms with Crippen LogP contribution in [0.25, 0.3) is 0 Å². The molecule has 1 rings (SSSR count). The molecule has 0 unspecified atom stereocenters. The molecular weight excluding hydrogens is 196 g/mol. The van der Waals surface area contributed by atoms with Crippen molar-refractivity contribution in [1.29, 1.82) is 0 Å². The van der Waals surface area contributed by atoms with Crippen molar-refractivity contribution in [3.63, 3.8) is 0 Å². The Bertz CT molecular complexity index is 291. The maximum absolute atomic E-state index is 11.4. The molecule has 0 aromatic carbocycles. The van der Waals surface area contributed by atoms with Crippen molar-refractivity contribution in [1.82, 2.24) is 0 Å². The molecule has 1 heteroatoms. The Balaban J connectivity index is 3.05. The van der Waals surface area contributed by atoms with E-state index in [9.17, 15) is 4.79 Å². The van der Waals surface area contributed by atoms with Crippen LogP contribution in [0.5, 0.6) is 0 Å². The molecule has 0 atom stereocenters. The number of Topliss-reactive ketones (excluding diaryl/α,β-unsaturated/α-hetero) is 1. The van der Waals surface area contributed by atoms with Crippen molar-refractivity contribution in [3.8, 4) is 0 Å². The summed E-state index contributed by atoms with van der Waals surface area (Å²) < 4.78 is 0. The fourth-order valence-corrected chi connectivity index (χ4v) is 3.19. The third-order valence-electron chi connectivity index (χ3n) is 4.30. The summed E-state index contributed by atoms with van der Waals surface area (Å²) in [4.78, 5) is 11.4. The zero-order valence-corrected chi connectivity index (χ0v) is 11.7. The van der Waals surface area contributed by atoms with Crippen LogP contribution in [0.3, 0.4) is 0 Å². The van der Waals surface area contributed by atoms with Crippen molar-refractivity contribution in [3.05, 3.63) is 11.6 Å². The molecule has 0 radical (unpaired) electrons. The molecule has 1 aliphatic carbocycles. The quantitative estimate of drug-likeness (QED) is 0.634. The van der Waals surface area contributed by atoms with E-state index in [0.29, 0.717) is 16.7 Å². The summed E-state index contributed by atoms with van der Waals surface area (Å²) in [6.07, 6.45) is 6.07. The molecule has 1 saturated carbocycles. The van der Waals surface area contributed by atoms with E-state index in [4.69, 9.17) is 0 Å². The van der Waals surface area contributed by atoms with E-state index in [1.807, 2.05) is 6.92 Å². The summed E-state index contributed by atoms with van der Waals surface area (Å²) in [6.45, 7) is 13.0. The second-order valence-electron chi connectivity index (χ2n) is 6.71. The number of hydrogen-bond donors (Lipinski definition) is 0. The molecule has 0 aromatic rings. The van der Waals surface area contributed by atoms with Gasteiger partial charge in [-0.15, -0.1) is 0 Å². The van der Waals surface area contributed by atoms with Crippen LogP contribution in [0, 0.1) is 16.7 Å². The minimum atomic E-state index is 0.206. The lowest BCUT2D eigenvalue weighted by Gasteiger charge is -2.48. The molecule has 1 fully saturated rings. The van der Waals surface area contributed by atoms with E-state index in [0.717, 1.165) is 5.57 Å². The van der Waals surface area contributed by atoms with E-state index < -0.39 is 0 Å². The first-order valence-electron chi connectivity index (χ1n) is 6.36. The molecule has 0 amide bonds. The number of rotatable bonds is 2. The summed E-state index contributed by atoms with van der Waals surface area (Å²) >= 11 is 0. The Morgan fingerprint density at radius 2 is 1.50 bits per heavy atom. The fourth-order valence-electron chi connectivity index (χ4n) is 3.19. The van der Waals surface area contributed by atoms with Gasteiger partial charge >= 0.3 is 0 Å². The highest BCUT2D eigenvalue weighted by Gasteiger charge is 2.42. The summed E-state index contributed by atoms with van der Waals surface area (Å²) in [5.74, 6) is 0.717. The van der Waals surface area contributed by atoms with Crippen molar-refractivity contribution < 1.29 is 4.79 Å². The molecule has 0 saturated heterocycles. The lowest BCUT2D eigenvalue weighted by atomic mass is 9.57. The van der Waals surface area contributed by atoms with Crippen molar-refractivity contribution in [2.45, 2.75) is 60.8 Å².